The van der Waals surface area contributed by atoms with Gasteiger partial charge in [0.05, 0.1) is 12.5 Å². The number of amides is 1. The Kier molecular flexibility index (Phi) is 3.42. The fourth-order valence-corrected chi connectivity index (χ4v) is 2.61. The molecule has 0 spiro atoms. The number of rotatable bonds is 2. The number of nitrogens with zero attached hydrogens (tertiary/aromatic N) is 1. The van der Waals surface area contributed by atoms with Gasteiger partial charge in [-0.25, -0.2) is 0 Å². The van der Waals surface area contributed by atoms with Gasteiger partial charge in [-0.1, -0.05) is 36.4 Å². The standard InChI is InChI=1S/C17H17NO2/c1-18(13-7-3-2-4-8-13)17(19)15-11-12-20-16-10-6-5-9-14(15)16/h2-10,15H,11-12H2,1H3. The molecule has 0 aromatic heterocycles. The Bertz CT molecular complexity index is 609. The van der Waals surface area contributed by atoms with Gasteiger partial charge in [-0.2, -0.15) is 0 Å². The molecule has 1 amide bonds. The number of likely N-dealkylation sites (N-methyl/N-ethyl adjacent to an activating group) is 1. The summed E-state index contributed by atoms with van der Waals surface area (Å²) in [4.78, 5) is 14.5. The van der Waals surface area contributed by atoms with Crippen molar-refractivity contribution in [2.24, 2.45) is 0 Å². The Morgan fingerprint density at radius 2 is 1.80 bits per heavy atom. The van der Waals surface area contributed by atoms with Gasteiger partial charge in [0.2, 0.25) is 5.91 Å². The second-order valence-electron chi connectivity index (χ2n) is 4.96. The monoisotopic (exact) mass is 267 g/mol. The highest BCUT2D eigenvalue weighted by atomic mass is 16.5. The van der Waals surface area contributed by atoms with E-state index in [9.17, 15) is 4.79 Å². The molecule has 1 unspecified atom stereocenters. The second-order valence-corrected chi connectivity index (χ2v) is 4.96. The maximum Gasteiger partial charge on any atom is 0.234 e. The summed E-state index contributed by atoms with van der Waals surface area (Å²) in [5.74, 6) is 0.829. The van der Waals surface area contributed by atoms with E-state index in [2.05, 4.69) is 0 Å². The first kappa shape index (κ1) is 12.7. The first-order valence-electron chi connectivity index (χ1n) is 6.81. The Labute approximate surface area is 118 Å². The van der Waals surface area contributed by atoms with E-state index in [1.807, 2.05) is 61.6 Å². The summed E-state index contributed by atoms with van der Waals surface area (Å²) >= 11 is 0. The van der Waals surface area contributed by atoms with Crippen LogP contribution in [0.15, 0.2) is 54.6 Å². The highest BCUT2D eigenvalue weighted by Gasteiger charge is 2.29. The third-order valence-corrected chi connectivity index (χ3v) is 3.73. The van der Waals surface area contributed by atoms with Gasteiger partial charge >= 0.3 is 0 Å². The minimum absolute atomic E-state index is 0.118. The molecule has 1 atom stereocenters. The van der Waals surface area contributed by atoms with Crippen molar-refractivity contribution in [2.75, 3.05) is 18.6 Å². The molecule has 2 aromatic rings. The first-order valence-corrected chi connectivity index (χ1v) is 6.81. The summed E-state index contributed by atoms with van der Waals surface area (Å²) in [6, 6.07) is 17.5. The molecule has 3 rings (SSSR count). The number of para-hydroxylation sites is 2. The molecular weight excluding hydrogens is 250 g/mol. The van der Waals surface area contributed by atoms with Gasteiger partial charge in [-0.15, -0.1) is 0 Å². The zero-order valence-corrected chi connectivity index (χ0v) is 11.5. The molecule has 0 radical (unpaired) electrons. The predicted octanol–water partition coefficient (Wildman–Crippen LogP) is 3.22. The van der Waals surface area contributed by atoms with Crippen molar-refractivity contribution in [3.05, 3.63) is 60.2 Å². The zero-order chi connectivity index (χ0) is 13.9. The molecule has 0 N–H and O–H groups in total. The molecule has 0 fully saturated rings. The van der Waals surface area contributed by atoms with Crippen LogP contribution < -0.4 is 9.64 Å². The van der Waals surface area contributed by atoms with E-state index in [4.69, 9.17) is 4.74 Å². The smallest absolute Gasteiger partial charge is 0.234 e. The maximum atomic E-state index is 12.7. The third-order valence-electron chi connectivity index (χ3n) is 3.73. The molecule has 3 heteroatoms. The predicted molar refractivity (Wildman–Crippen MR) is 79.1 cm³/mol. The van der Waals surface area contributed by atoms with Crippen molar-refractivity contribution in [3.8, 4) is 5.75 Å². The van der Waals surface area contributed by atoms with Crippen LogP contribution in [0.4, 0.5) is 5.69 Å². The number of hydrogen-bond donors (Lipinski definition) is 0. The van der Waals surface area contributed by atoms with Gasteiger partial charge in [0.25, 0.3) is 0 Å². The number of benzene rings is 2. The van der Waals surface area contributed by atoms with E-state index in [0.29, 0.717) is 6.61 Å². The van der Waals surface area contributed by atoms with Crippen LogP contribution in [0.3, 0.4) is 0 Å². The molecular formula is C17H17NO2. The Morgan fingerprint density at radius 3 is 2.60 bits per heavy atom. The summed E-state index contributed by atoms with van der Waals surface area (Å²) in [6.45, 7) is 0.593. The van der Waals surface area contributed by atoms with Crippen LogP contribution in [0.25, 0.3) is 0 Å². The van der Waals surface area contributed by atoms with Gasteiger partial charge < -0.3 is 9.64 Å². The number of carbonyl (C=O) groups excluding carboxylic acids is 1. The number of hydrogen-bond acceptors (Lipinski definition) is 2. The van der Waals surface area contributed by atoms with Gasteiger partial charge in [0.1, 0.15) is 5.75 Å². The lowest BCUT2D eigenvalue weighted by Gasteiger charge is -2.28. The first-order chi connectivity index (χ1) is 9.77. The molecule has 0 saturated carbocycles. The summed E-state index contributed by atoms with van der Waals surface area (Å²) in [5.41, 5.74) is 1.91. The fourth-order valence-electron chi connectivity index (χ4n) is 2.61. The van der Waals surface area contributed by atoms with E-state index < -0.39 is 0 Å². The quantitative estimate of drug-likeness (QED) is 0.836. The summed E-state index contributed by atoms with van der Waals surface area (Å²) in [5, 5.41) is 0. The van der Waals surface area contributed by atoms with E-state index >= 15 is 0 Å². The number of ether oxygens (including phenoxy) is 1. The van der Waals surface area contributed by atoms with Crippen LogP contribution in [0, 0.1) is 0 Å². The highest BCUT2D eigenvalue weighted by Crippen LogP contribution is 2.35. The summed E-state index contributed by atoms with van der Waals surface area (Å²) < 4.78 is 5.62. The molecule has 1 aliphatic heterocycles. The van der Waals surface area contributed by atoms with Crippen molar-refractivity contribution in [1.29, 1.82) is 0 Å². The Hall–Kier alpha value is -2.29. The van der Waals surface area contributed by atoms with Crippen LogP contribution in [0.1, 0.15) is 17.9 Å². The second kappa shape index (κ2) is 5.37. The van der Waals surface area contributed by atoms with Crippen LogP contribution in [-0.4, -0.2) is 19.6 Å². The van der Waals surface area contributed by atoms with Crippen molar-refractivity contribution in [1.82, 2.24) is 0 Å². The van der Waals surface area contributed by atoms with Gasteiger partial charge in [-0.3, -0.25) is 4.79 Å². The lowest BCUT2D eigenvalue weighted by molar-refractivity contribution is -0.120. The van der Waals surface area contributed by atoms with Crippen LogP contribution in [-0.2, 0) is 4.79 Å². The number of carbonyl (C=O) groups is 1. The maximum absolute atomic E-state index is 12.7. The molecule has 0 saturated heterocycles. The minimum Gasteiger partial charge on any atom is -0.493 e. The molecule has 1 heterocycles. The lowest BCUT2D eigenvalue weighted by atomic mass is 9.92. The topological polar surface area (TPSA) is 29.5 Å². The van der Waals surface area contributed by atoms with Crippen molar-refractivity contribution < 1.29 is 9.53 Å². The largest absolute Gasteiger partial charge is 0.493 e. The summed E-state index contributed by atoms with van der Waals surface area (Å²) in [6.07, 6.45) is 0.729. The fraction of sp³-hybridized carbons (Fsp3) is 0.235. The SMILES string of the molecule is CN(C(=O)C1CCOc2ccccc21)c1ccccc1. The zero-order valence-electron chi connectivity index (χ0n) is 11.5. The average molecular weight is 267 g/mol. The number of fused-ring (bicyclic) bond motifs is 1. The van der Waals surface area contributed by atoms with Gasteiger partial charge in [-0.05, 0) is 24.6 Å². The van der Waals surface area contributed by atoms with Crippen LogP contribution in [0.2, 0.25) is 0 Å². The van der Waals surface area contributed by atoms with Crippen LogP contribution in [0.5, 0.6) is 5.75 Å². The van der Waals surface area contributed by atoms with Crippen molar-refractivity contribution in [3.63, 3.8) is 0 Å². The lowest BCUT2D eigenvalue weighted by Crippen LogP contribution is -2.34. The van der Waals surface area contributed by atoms with E-state index in [-0.39, 0.29) is 11.8 Å². The van der Waals surface area contributed by atoms with Gasteiger partial charge in [0.15, 0.2) is 0 Å². The summed E-state index contributed by atoms with van der Waals surface area (Å²) in [7, 11) is 1.83. The van der Waals surface area contributed by atoms with Crippen molar-refractivity contribution >= 4 is 11.6 Å². The normalized spacial score (nSPS) is 16.9. The molecule has 3 nitrogen and oxygen atoms in total. The Balaban J connectivity index is 1.89. The highest BCUT2D eigenvalue weighted by molar-refractivity contribution is 5.98. The van der Waals surface area contributed by atoms with Crippen LogP contribution >= 0.6 is 0 Å². The average Bonchev–Trinajstić information content (AvgIpc) is 2.54. The van der Waals surface area contributed by atoms with E-state index in [0.717, 1.165) is 23.4 Å². The van der Waals surface area contributed by atoms with E-state index in [1.165, 1.54) is 0 Å². The molecule has 20 heavy (non-hydrogen) atoms. The third kappa shape index (κ3) is 2.27. The molecule has 0 aliphatic carbocycles. The molecule has 1 aliphatic rings. The van der Waals surface area contributed by atoms with Crippen molar-refractivity contribution in [2.45, 2.75) is 12.3 Å². The Morgan fingerprint density at radius 1 is 1.10 bits per heavy atom. The van der Waals surface area contributed by atoms with Gasteiger partial charge in [0, 0.05) is 18.3 Å². The number of anilines is 1. The molecule has 102 valence electrons. The minimum atomic E-state index is -0.120. The molecule has 0 bridgehead atoms. The molecule has 2 aromatic carbocycles. The van der Waals surface area contributed by atoms with E-state index in [1.54, 1.807) is 4.90 Å².